The summed E-state index contributed by atoms with van der Waals surface area (Å²) in [5.74, 6) is -2.82. The molecule has 0 saturated carbocycles. The standard InChI is InChI=1S/C18H21N5O4/c1-3-11-9-15(24)21-18(19-11)23-14(8-10(2)22-23)20-16(25)12-6-4-5-7-13(12)17(26)27/h4-5,8-9,12-13H,3,6-7H2,1-2H3,(H,20,25)(H,26,27)(H,19,21,24)/p-1/t12-,13-/m1/s1. The van der Waals surface area contributed by atoms with E-state index in [1.54, 1.807) is 25.1 Å². The lowest BCUT2D eigenvalue weighted by molar-refractivity contribution is -0.313. The Balaban J connectivity index is 1.91. The molecule has 1 amide bonds. The fraction of sp³-hybridized carbons (Fsp3) is 0.389. The average molecular weight is 370 g/mol. The molecule has 0 spiro atoms. The van der Waals surface area contributed by atoms with Gasteiger partial charge in [0.2, 0.25) is 11.9 Å². The van der Waals surface area contributed by atoms with Crippen LogP contribution in [0.3, 0.4) is 0 Å². The summed E-state index contributed by atoms with van der Waals surface area (Å²) in [6.07, 6.45) is 4.67. The molecule has 0 bridgehead atoms. The predicted octanol–water partition coefficient (Wildman–Crippen LogP) is 0.0972. The minimum atomic E-state index is -1.24. The fourth-order valence-corrected chi connectivity index (χ4v) is 3.11. The van der Waals surface area contributed by atoms with Crippen molar-refractivity contribution in [3.05, 3.63) is 46.0 Å². The number of anilines is 1. The maximum Gasteiger partial charge on any atom is 0.252 e. The van der Waals surface area contributed by atoms with E-state index in [4.69, 9.17) is 0 Å². The van der Waals surface area contributed by atoms with E-state index in [2.05, 4.69) is 20.4 Å². The van der Waals surface area contributed by atoms with E-state index in [-0.39, 0.29) is 17.9 Å². The maximum atomic E-state index is 12.7. The number of rotatable bonds is 5. The highest BCUT2D eigenvalue weighted by Crippen LogP contribution is 2.27. The molecule has 3 rings (SSSR count). The van der Waals surface area contributed by atoms with Gasteiger partial charge in [0, 0.05) is 29.7 Å². The molecular formula is C18H20N5O4-. The summed E-state index contributed by atoms with van der Waals surface area (Å²) in [5, 5.41) is 18.3. The van der Waals surface area contributed by atoms with Gasteiger partial charge in [-0.3, -0.25) is 14.6 Å². The van der Waals surface area contributed by atoms with Crippen molar-refractivity contribution in [2.24, 2.45) is 11.8 Å². The number of nitrogens with zero attached hydrogens (tertiary/aromatic N) is 3. The topological polar surface area (TPSA) is 133 Å². The molecule has 2 N–H and O–H groups in total. The second kappa shape index (κ2) is 7.56. The minimum absolute atomic E-state index is 0.183. The van der Waals surface area contributed by atoms with Crippen molar-refractivity contribution in [3.63, 3.8) is 0 Å². The monoisotopic (exact) mass is 370 g/mol. The Labute approximate surface area is 155 Å². The molecule has 0 fully saturated rings. The molecule has 9 heteroatoms. The fourth-order valence-electron chi connectivity index (χ4n) is 3.11. The van der Waals surface area contributed by atoms with E-state index < -0.39 is 23.7 Å². The van der Waals surface area contributed by atoms with E-state index in [9.17, 15) is 19.5 Å². The molecule has 1 aliphatic rings. The van der Waals surface area contributed by atoms with Crippen molar-refractivity contribution in [2.45, 2.75) is 33.1 Å². The first-order valence-corrected chi connectivity index (χ1v) is 8.73. The number of carbonyl (C=O) groups is 2. The third-order valence-corrected chi connectivity index (χ3v) is 4.50. The molecule has 0 aromatic carbocycles. The molecule has 0 saturated heterocycles. The molecule has 0 aliphatic heterocycles. The number of carboxylic acid groups (broad SMARTS) is 1. The number of aromatic nitrogens is 4. The van der Waals surface area contributed by atoms with Crippen LogP contribution in [0.2, 0.25) is 0 Å². The number of hydrogen-bond donors (Lipinski definition) is 2. The van der Waals surface area contributed by atoms with Crippen LogP contribution < -0.4 is 16.0 Å². The van der Waals surface area contributed by atoms with Crippen molar-refractivity contribution in [1.82, 2.24) is 19.7 Å². The van der Waals surface area contributed by atoms with Crippen molar-refractivity contribution in [3.8, 4) is 5.95 Å². The minimum Gasteiger partial charge on any atom is -0.550 e. The third-order valence-electron chi connectivity index (χ3n) is 4.50. The number of aromatic amines is 1. The van der Waals surface area contributed by atoms with Gasteiger partial charge in [-0.15, -0.1) is 0 Å². The first kappa shape index (κ1) is 18.6. The van der Waals surface area contributed by atoms with Gasteiger partial charge >= 0.3 is 0 Å². The largest absolute Gasteiger partial charge is 0.550 e. The summed E-state index contributed by atoms with van der Waals surface area (Å²) in [4.78, 5) is 42.8. The normalized spacial score (nSPS) is 19.0. The molecule has 142 valence electrons. The molecule has 1 aliphatic carbocycles. The van der Waals surface area contributed by atoms with Gasteiger partial charge in [0.05, 0.1) is 11.6 Å². The van der Waals surface area contributed by atoms with Crippen LogP contribution in [0.1, 0.15) is 31.2 Å². The van der Waals surface area contributed by atoms with Crippen LogP contribution in [-0.2, 0) is 16.0 Å². The molecular weight excluding hydrogens is 350 g/mol. The van der Waals surface area contributed by atoms with Gasteiger partial charge in [0.15, 0.2) is 0 Å². The number of hydrogen-bond acceptors (Lipinski definition) is 6. The molecule has 0 radical (unpaired) electrons. The van der Waals surface area contributed by atoms with Crippen LogP contribution in [0, 0.1) is 18.8 Å². The number of amides is 1. The summed E-state index contributed by atoms with van der Waals surface area (Å²) >= 11 is 0. The first-order chi connectivity index (χ1) is 12.9. The smallest absolute Gasteiger partial charge is 0.252 e. The predicted molar refractivity (Wildman–Crippen MR) is 95.1 cm³/mol. The van der Waals surface area contributed by atoms with Crippen LogP contribution in [0.5, 0.6) is 0 Å². The van der Waals surface area contributed by atoms with Gasteiger partial charge in [0.1, 0.15) is 5.82 Å². The van der Waals surface area contributed by atoms with Gasteiger partial charge < -0.3 is 15.2 Å². The van der Waals surface area contributed by atoms with E-state index in [0.717, 1.165) is 0 Å². The summed E-state index contributed by atoms with van der Waals surface area (Å²) in [7, 11) is 0. The van der Waals surface area contributed by atoms with Gasteiger partial charge in [-0.2, -0.15) is 9.78 Å². The second-order valence-corrected chi connectivity index (χ2v) is 6.46. The highest BCUT2D eigenvalue weighted by molar-refractivity contribution is 5.94. The van der Waals surface area contributed by atoms with E-state index >= 15 is 0 Å². The SMILES string of the molecule is CCc1cc(=O)[nH]c(-n2nc(C)cc2NC(=O)[C@@H]2CC=CC[C@H]2C(=O)[O-])n1. The molecule has 2 atom stereocenters. The lowest BCUT2D eigenvalue weighted by Crippen LogP contribution is -2.41. The number of carboxylic acids is 1. The Morgan fingerprint density at radius 2 is 2.00 bits per heavy atom. The Kier molecular flexibility index (Phi) is 5.20. The first-order valence-electron chi connectivity index (χ1n) is 8.73. The number of aliphatic carboxylic acids is 1. The summed E-state index contributed by atoms with van der Waals surface area (Å²) in [5.41, 5.74) is 0.875. The Hall–Kier alpha value is -3.23. The van der Waals surface area contributed by atoms with Crippen LogP contribution in [0.4, 0.5) is 5.82 Å². The number of H-pyrrole nitrogens is 1. The van der Waals surface area contributed by atoms with Crippen LogP contribution >= 0.6 is 0 Å². The van der Waals surface area contributed by atoms with Gasteiger partial charge in [-0.1, -0.05) is 19.1 Å². The molecule has 9 nitrogen and oxygen atoms in total. The van der Waals surface area contributed by atoms with Crippen molar-refractivity contribution in [2.75, 3.05) is 5.32 Å². The van der Waals surface area contributed by atoms with Crippen LogP contribution in [0.25, 0.3) is 5.95 Å². The maximum absolute atomic E-state index is 12.7. The zero-order chi connectivity index (χ0) is 19.6. The Bertz CT molecular complexity index is 959. The molecule has 27 heavy (non-hydrogen) atoms. The average Bonchev–Trinajstić information content (AvgIpc) is 3.01. The molecule has 2 aromatic rings. The summed E-state index contributed by atoms with van der Waals surface area (Å²) < 4.78 is 1.33. The lowest BCUT2D eigenvalue weighted by atomic mass is 9.82. The second-order valence-electron chi connectivity index (χ2n) is 6.46. The lowest BCUT2D eigenvalue weighted by Gasteiger charge is -2.28. The number of nitrogens with one attached hydrogen (secondary N) is 2. The summed E-state index contributed by atoms with van der Waals surface area (Å²) in [6, 6.07) is 3.03. The van der Waals surface area contributed by atoms with Crippen LogP contribution in [0.15, 0.2) is 29.1 Å². The van der Waals surface area contributed by atoms with E-state index in [0.29, 0.717) is 30.0 Å². The van der Waals surface area contributed by atoms with Crippen molar-refractivity contribution in [1.29, 1.82) is 0 Å². The zero-order valence-electron chi connectivity index (χ0n) is 15.1. The molecule has 0 unspecified atom stereocenters. The van der Waals surface area contributed by atoms with Gasteiger partial charge in [0.25, 0.3) is 5.56 Å². The summed E-state index contributed by atoms with van der Waals surface area (Å²) in [6.45, 7) is 3.61. The van der Waals surface area contributed by atoms with Gasteiger partial charge in [-0.05, 0) is 26.2 Å². The number of allylic oxidation sites excluding steroid dienone is 2. The number of aryl methyl sites for hydroxylation is 2. The number of carbonyl (C=O) groups excluding carboxylic acids is 2. The quantitative estimate of drug-likeness (QED) is 0.717. The highest BCUT2D eigenvalue weighted by Gasteiger charge is 2.30. The Morgan fingerprint density at radius 1 is 1.30 bits per heavy atom. The highest BCUT2D eigenvalue weighted by atomic mass is 16.4. The van der Waals surface area contributed by atoms with Crippen LogP contribution in [-0.4, -0.2) is 31.6 Å². The van der Waals surface area contributed by atoms with Gasteiger partial charge in [-0.25, -0.2) is 4.98 Å². The Morgan fingerprint density at radius 3 is 2.67 bits per heavy atom. The van der Waals surface area contributed by atoms with E-state index in [1.165, 1.54) is 10.7 Å². The third kappa shape index (κ3) is 3.97. The zero-order valence-corrected chi connectivity index (χ0v) is 15.1. The van der Waals surface area contributed by atoms with E-state index in [1.807, 2.05) is 6.92 Å². The molecule has 2 heterocycles. The van der Waals surface area contributed by atoms with Crippen molar-refractivity contribution < 1.29 is 14.7 Å². The van der Waals surface area contributed by atoms with Crippen molar-refractivity contribution >= 4 is 17.7 Å². The molecule has 2 aromatic heterocycles.